The van der Waals surface area contributed by atoms with Crippen molar-refractivity contribution in [2.45, 2.75) is 26.3 Å². The molecule has 0 spiro atoms. The number of carbonyl (C=O) groups excluding carboxylic acids is 1. The van der Waals surface area contributed by atoms with E-state index in [1.54, 1.807) is 0 Å². The number of ether oxygens (including phenoxy) is 1. The lowest BCUT2D eigenvalue weighted by Crippen LogP contribution is -2.29. The quantitative estimate of drug-likeness (QED) is 0.788. The lowest BCUT2D eigenvalue weighted by molar-refractivity contribution is -0.123. The first-order valence-corrected chi connectivity index (χ1v) is 5.88. The lowest BCUT2D eigenvalue weighted by Gasteiger charge is -2.10. The van der Waals surface area contributed by atoms with Crippen LogP contribution in [0.1, 0.15) is 31.9 Å². The Bertz CT molecular complexity index is 364. The maximum Gasteiger partial charge on any atom is 0.257 e. The molecule has 4 heteroatoms. The molecular formula is C13H20N2O2. The average molecular weight is 236 g/mol. The van der Waals surface area contributed by atoms with E-state index in [2.05, 4.69) is 5.32 Å². The summed E-state index contributed by atoms with van der Waals surface area (Å²) < 4.78 is 5.39. The van der Waals surface area contributed by atoms with Crippen LogP contribution in [0.15, 0.2) is 24.3 Å². The Kier molecular flexibility index (Phi) is 5.49. The van der Waals surface area contributed by atoms with Crippen LogP contribution >= 0.6 is 0 Å². The smallest absolute Gasteiger partial charge is 0.257 e. The lowest BCUT2D eigenvalue weighted by atomic mass is 10.1. The second-order valence-electron chi connectivity index (χ2n) is 4.00. The third-order valence-electron chi connectivity index (χ3n) is 2.33. The Labute approximate surface area is 102 Å². The predicted octanol–water partition coefficient (Wildman–Crippen LogP) is 1.61. The van der Waals surface area contributed by atoms with Crippen molar-refractivity contribution in [2.75, 3.05) is 13.2 Å². The van der Waals surface area contributed by atoms with Crippen LogP contribution in [-0.2, 0) is 4.79 Å². The summed E-state index contributed by atoms with van der Waals surface area (Å²) in [4.78, 5) is 11.3. The molecule has 0 saturated carbocycles. The topological polar surface area (TPSA) is 64.3 Å². The average Bonchev–Trinajstić information content (AvgIpc) is 2.34. The van der Waals surface area contributed by atoms with E-state index >= 15 is 0 Å². The van der Waals surface area contributed by atoms with Gasteiger partial charge in [-0.15, -0.1) is 0 Å². The summed E-state index contributed by atoms with van der Waals surface area (Å²) in [5.74, 6) is 0.574. The zero-order valence-corrected chi connectivity index (χ0v) is 10.4. The van der Waals surface area contributed by atoms with Gasteiger partial charge in [0.25, 0.3) is 5.91 Å². The van der Waals surface area contributed by atoms with Crippen molar-refractivity contribution in [1.29, 1.82) is 0 Å². The minimum Gasteiger partial charge on any atom is -0.484 e. The Morgan fingerprint density at radius 3 is 2.94 bits per heavy atom. The predicted molar refractivity (Wildman–Crippen MR) is 67.8 cm³/mol. The zero-order chi connectivity index (χ0) is 12.7. The van der Waals surface area contributed by atoms with Gasteiger partial charge in [-0.05, 0) is 31.0 Å². The molecule has 0 radical (unpaired) electrons. The number of carbonyl (C=O) groups is 1. The van der Waals surface area contributed by atoms with Crippen molar-refractivity contribution in [3.63, 3.8) is 0 Å². The van der Waals surface area contributed by atoms with Crippen LogP contribution < -0.4 is 15.8 Å². The van der Waals surface area contributed by atoms with E-state index in [9.17, 15) is 4.79 Å². The third-order valence-corrected chi connectivity index (χ3v) is 2.33. The molecule has 0 heterocycles. The number of benzene rings is 1. The van der Waals surface area contributed by atoms with Crippen molar-refractivity contribution in [2.24, 2.45) is 5.73 Å². The van der Waals surface area contributed by atoms with E-state index in [0.29, 0.717) is 12.3 Å². The normalized spacial score (nSPS) is 11.9. The molecule has 4 nitrogen and oxygen atoms in total. The molecule has 1 atom stereocenters. The molecule has 1 aromatic carbocycles. The standard InChI is InChI=1S/C13H20N2O2/c1-3-7-15-13(16)9-17-12-6-4-5-11(8-12)10(2)14/h4-6,8,10H,3,7,9,14H2,1-2H3,(H,15,16). The van der Waals surface area contributed by atoms with Crippen molar-refractivity contribution < 1.29 is 9.53 Å². The summed E-state index contributed by atoms with van der Waals surface area (Å²) in [6, 6.07) is 7.45. The van der Waals surface area contributed by atoms with Crippen LogP contribution in [0.4, 0.5) is 0 Å². The molecule has 3 N–H and O–H groups in total. The molecule has 1 unspecified atom stereocenters. The van der Waals surface area contributed by atoms with Crippen LogP contribution in [0, 0.1) is 0 Å². The molecule has 0 bridgehead atoms. The highest BCUT2D eigenvalue weighted by Crippen LogP contribution is 2.17. The number of nitrogens with two attached hydrogens (primary N) is 1. The maximum absolute atomic E-state index is 11.3. The fraction of sp³-hybridized carbons (Fsp3) is 0.462. The zero-order valence-electron chi connectivity index (χ0n) is 10.4. The first-order valence-electron chi connectivity index (χ1n) is 5.88. The Morgan fingerprint density at radius 2 is 2.29 bits per heavy atom. The van der Waals surface area contributed by atoms with Gasteiger partial charge in [0.1, 0.15) is 5.75 Å². The van der Waals surface area contributed by atoms with E-state index in [0.717, 1.165) is 12.0 Å². The molecule has 1 amide bonds. The second kappa shape index (κ2) is 6.91. The molecule has 0 aliphatic heterocycles. The molecule has 0 saturated heterocycles. The van der Waals surface area contributed by atoms with Crippen molar-refractivity contribution in [1.82, 2.24) is 5.32 Å². The minimum absolute atomic E-state index is 0.0348. The fourth-order valence-corrected chi connectivity index (χ4v) is 1.35. The van der Waals surface area contributed by atoms with Gasteiger partial charge in [0.05, 0.1) is 0 Å². The Morgan fingerprint density at radius 1 is 1.53 bits per heavy atom. The summed E-state index contributed by atoms with van der Waals surface area (Å²) in [7, 11) is 0. The van der Waals surface area contributed by atoms with Gasteiger partial charge in [-0.3, -0.25) is 4.79 Å². The van der Waals surface area contributed by atoms with Gasteiger partial charge in [-0.1, -0.05) is 19.1 Å². The Hall–Kier alpha value is -1.55. The van der Waals surface area contributed by atoms with E-state index in [1.807, 2.05) is 38.1 Å². The molecule has 94 valence electrons. The van der Waals surface area contributed by atoms with E-state index < -0.39 is 0 Å². The first-order chi connectivity index (χ1) is 8.13. The molecule has 17 heavy (non-hydrogen) atoms. The molecule has 0 fully saturated rings. The van der Waals surface area contributed by atoms with Crippen LogP contribution in [0.3, 0.4) is 0 Å². The number of rotatable bonds is 6. The number of amides is 1. The minimum atomic E-state index is -0.0990. The van der Waals surface area contributed by atoms with Gasteiger partial charge in [0.2, 0.25) is 0 Å². The monoisotopic (exact) mass is 236 g/mol. The Balaban J connectivity index is 2.46. The summed E-state index contributed by atoms with van der Waals surface area (Å²) in [6.45, 7) is 4.64. The third kappa shape index (κ3) is 4.87. The molecular weight excluding hydrogens is 216 g/mol. The maximum atomic E-state index is 11.3. The number of hydrogen-bond acceptors (Lipinski definition) is 3. The van der Waals surface area contributed by atoms with Crippen LogP contribution in [0.5, 0.6) is 5.75 Å². The molecule has 0 aliphatic carbocycles. The summed E-state index contributed by atoms with van der Waals surface area (Å²) >= 11 is 0. The van der Waals surface area contributed by atoms with Crippen LogP contribution in [0.2, 0.25) is 0 Å². The van der Waals surface area contributed by atoms with Gasteiger partial charge in [-0.2, -0.15) is 0 Å². The highest BCUT2D eigenvalue weighted by atomic mass is 16.5. The highest BCUT2D eigenvalue weighted by molar-refractivity contribution is 5.77. The number of nitrogens with one attached hydrogen (secondary N) is 1. The molecule has 0 aliphatic rings. The van der Waals surface area contributed by atoms with Gasteiger partial charge in [0.15, 0.2) is 6.61 Å². The number of hydrogen-bond donors (Lipinski definition) is 2. The van der Waals surface area contributed by atoms with Gasteiger partial charge in [-0.25, -0.2) is 0 Å². The van der Waals surface area contributed by atoms with Crippen LogP contribution in [-0.4, -0.2) is 19.1 Å². The first kappa shape index (κ1) is 13.5. The summed E-state index contributed by atoms with van der Waals surface area (Å²) in [5.41, 5.74) is 6.77. The van der Waals surface area contributed by atoms with Crippen molar-refractivity contribution in [3.05, 3.63) is 29.8 Å². The van der Waals surface area contributed by atoms with Crippen LogP contribution in [0.25, 0.3) is 0 Å². The fourth-order valence-electron chi connectivity index (χ4n) is 1.35. The molecule has 1 aromatic rings. The SMILES string of the molecule is CCCNC(=O)COc1cccc(C(C)N)c1. The summed E-state index contributed by atoms with van der Waals surface area (Å²) in [5, 5.41) is 2.75. The van der Waals surface area contributed by atoms with E-state index in [1.165, 1.54) is 0 Å². The van der Waals surface area contributed by atoms with Crippen molar-refractivity contribution in [3.8, 4) is 5.75 Å². The van der Waals surface area contributed by atoms with Gasteiger partial charge < -0.3 is 15.8 Å². The van der Waals surface area contributed by atoms with E-state index in [-0.39, 0.29) is 18.6 Å². The molecule has 0 aromatic heterocycles. The van der Waals surface area contributed by atoms with Gasteiger partial charge >= 0.3 is 0 Å². The largest absolute Gasteiger partial charge is 0.484 e. The molecule has 1 rings (SSSR count). The highest BCUT2D eigenvalue weighted by Gasteiger charge is 2.04. The van der Waals surface area contributed by atoms with Crippen molar-refractivity contribution >= 4 is 5.91 Å². The van der Waals surface area contributed by atoms with E-state index in [4.69, 9.17) is 10.5 Å². The van der Waals surface area contributed by atoms with Gasteiger partial charge in [0, 0.05) is 12.6 Å². The second-order valence-corrected chi connectivity index (χ2v) is 4.00. The summed E-state index contributed by atoms with van der Waals surface area (Å²) in [6.07, 6.45) is 0.923.